The summed E-state index contributed by atoms with van der Waals surface area (Å²) in [6, 6.07) is 7.76. The summed E-state index contributed by atoms with van der Waals surface area (Å²) in [5, 5.41) is 3.30. The van der Waals surface area contributed by atoms with Gasteiger partial charge in [-0.15, -0.1) is 0 Å². The van der Waals surface area contributed by atoms with Crippen molar-refractivity contribution >= 4 is 21.8 Å². The number of carbonyl (C=O) groups excluding carboxylic acids is 1. The topological polar surface area (TPSA) is 41.6 Å². The normalized spacial score (nSPS) is 15.8. The number of rotatable bonds is 5. The molecule has 0 radical (unpaired) electrons. The van der Waals surface area contributed by atoms with E-state index in [1.165, 1.54) is 0 Å². The van der Waals surface area contributed by atoms with Crippen LogP contribution in [-0.4, -0.2) is 43.6 Å². The number of carbonyl (C=O) groups is 1. The molecule has 0 aromatic heterocycles. The highest BCUT2D eigenvalue weighted by Crippen LogP contribution is 2.23. The van der Waals surface area contributed by atoms with Gasteiger partial charge in [0, 0.05) is 26.1 Å². The molecule has 2 rings (SSSR count). The number of para-hydroxylation sites is 1. The van der Waals surface area contributed by atoms with E-state index < -0.39 is 0 Å². The van der Waals surface area contributed by atoms with Crippen LogP contribution < -0.4 is 10.1 Å². The lowest BCUT2D eigenvalue weighted by molar-refractivity contribution is -0.131. The predicted molar refractivity (Wildman–Crippen MR) is 82.9 cm³/mol. The Labute approximate surface area is 128 Å². The molecule has 110 valence electrons. The zero-order chi connectivity index (χ0) is 14.2. The molecule has 1 aliphatic rings. The lowest BCUT2D eigenvalue weighted by Gasteiger charge is -2.19. The highest BCUT2D eigenvalue weighted by Gasteiger charge is 2.14. The summed E-state index contributed by atoms with van der Waals surface area (Å²) in [7, 11) is 0. The smallest absolute Gasteiger partial charge is 0.222 e. The Hall–Kier alpha value is -1.07. The van der Waals surface area contributed by atoms with Crippen LogP contribution in [0.1, 0.15) is 19.3 Å². The Kier molecular flexibility index (Phi) is 6.33. The van der Waals surface area contributed by atoms with Gasteiger partial charge in [-0.1, -0.05) is 12.1 Å². The van der Waals surface area contributed by atoms with Gasteiger partial charge in [-0.25, -0.2) is 0 Å². The molecule has 0 atom stereocenters. The summed E-state index contributed by atoms with van der Waals surface area (Å²) in [4.78, 5) is 14.0. The average Bonchev–Trinajstić information content (AvgIpc) is 2.74. The molecule has 1 fully saturated rings. The van der Waals surface area contributed by atoms with Gasteiger partial charge in [-0.2, -0.15) is 0 Å². The quantitative estimate of drug-likeness (QED) is 0.837. The molecule has 0 bridgehead atoms. The molecule has 1 aromatic rings. The van der Waals surface area contributed by atoms with Gasteiger partial charge in [0.05, 0.1) is 11.1 Å². The Morgan fingerprint density at radius 1 is 1.30 bits per heavy atom. The maximum Gasteiger partial charge on any atom is 0.222 e. The third-order valence-corrected chi connectivity index (χ3v) is 3.98. The van der Waals surface area contributed by atoms with Gasteiger partial charge in [-0.05, 0) is 47.4 Å². The lowest BCUT2D eigenvalue weighted by Crippen LogP contribution is -2.34. The Morgan fingerprint density at radius 3 is 3.00 bits per heavy atom. The van der Waals surface area contributed by atoms with E-state index in [0.717, 1.165) is 49.2 Å². The van der Waals surface area contributed by atoms with Crippen LogP contribution in [0.2, 0.25) is 0 Å². The summed E-state index contributed by atoms with van der Waals surface area (Å²) >= 11 is 3.44. The number of ether oxygens (including phenoxy) is 1. The van der Waals surface area contributed by atoms with Crippen molar-refractivity contribution in [2.75, 3.05) is 32.8 Å². The van der Waals surface area contributed by atoms with Gasteiger partial charge in [-0.3, -0.25) is 4.79 Å². The summed E-state index contributed by atoms with van der Waals surface area (Å²) in [5.41, 5.74) is 0. The van der Waals surface area contributed by atoms with E-state index in [4.69, 9.17) is 4.74 Å². The van der Waals surface area contributed by atoms with Crippen LogP contribution in [0.4, 0.5) is 0 Å². The second-order valence-corrected chi connectivity index (χ2v) is 5.72. The summed E-state index contributed by atoms with van der Waals surface area (Å²) in [6.07, 6.45) is 2.35. The molecule has 1 heterocycles. The summed E-state index contributed by atoms with van der Waals surface area (Å²) < 4.78 is 6.62. The molecule has 1 N–H and O–H groups in total. The summed E-state index contributed by atoms with van der Waals surface area (Å²) in [6.45, 7) is 4.18. The highest BCUT2D eigenvalue weighted by atomic mass is 79.9. The van der Waals surface area contributed by atoms with Crippen molar-refractivity contribution in [3.8, 4) is 5.75 Å². The molecular formula is C15H21BrN2O2. The molecule has 0 aliphatic carbocycles. The average molecular weight is 341 g/mol. The third kappa shape index (κ3) is 4.80. The Balaban J connectivity index is 1.67. The lowest BCUT2D eigenvalue weighted by atomic mass is 10.2. The van der Waals surface area contributed by atoms with E-state index in [-0.39, 0.29) is 5.91 Å². The molecular weight excluding hydrogens is 320 g/mol. The minimum atomic E-state index is 0.240. The summed E-state index contributed by atoms with van der Waals surface area (Å²) in [5.74, 6) is 1.07. The van der Waals surface area contributed by atoms with E-state index >= 15 is 0 Å². The van der Waals surface area contributed by atoms with Crippen LogP contribution in [-0.2, 0) is 4.79 Å². The van der Waals surface area contributed by atoms with Crippen molar-refractivity contribution in [2.45, 2.75) is 19.3 Å². The van der Waals surface area contributed by atoms with E-state index in [2.05, 4.69) is 21.2 Å². The first kappa shape index (κ1) is 15.3. The zero-order valence-electron chi connectivity index (χ0n) is 11.6. The number of hydrogen-bond donors (Lipinski definition) is 1. The third-order valence-electron chi connectivity index (χ3n) is 3.32. The van der Waals surface area contributed by atoms with Crippen LogP contribution in [0.5, 0.6) is 5.75 Å². The fraction of sp³-hybridized carbons (Fsp3) is 0.533. The molecule has 20 heavy (non-hydrogen) atoms. The Bertz CT molecular complexity index is 432. The monoisotopic (exact) mass is 340 g/mol. The van der Waals surface area contributed by atoms with Crippen molar-refractivity contribution in [1.29, 1.82) is 0 Å². The van der Waals surface area contributed by atoms with Crippen molar-refractivity contribution < 1.29 is 9.53 Å². The van der Waals surface area contributed by atoms with Crippen LogP contribution in [0.3, 0.4) is 0 Å². The van der Waals surface area contributed by atoms with Gasteiger partial charge in [0.25, 0.3) is 0 Å². The number of benzene rings is 1. The SMILES string of the molecule is O=C(CCCOc1ccccc1Br)N1CCCNCC1. The maximum absolute atomic E-state index is 12.1. The first-order chi connectivity index (χ1) is 9.77. The van der Waals surface area contributed by atoms with E-state index in [1.54, 1.807) is 0 Å². The fourth-order valence-electron chi connectivity index (χ4n) is 2.22. The van der Waals surface area contributed by atoms with Crippen molar-refractivity contribution in [1.82, 2.24) is 10.2 Å². The van der Waals surface area contributed by atoms with Crippen molar-refractivity contribution in [2.24, 2.45) is 0 Å². The molecule has 4 nitrogen and oxygen atoms in total. The molecule has 1 saturated heterocycles. The number of nitrogens with zero attached hydrogens (tertiary/aromatic N) is 1. The molecule has 1 amide bonds. The van der Waals surface area contributed by atoms with Crippen molar-refractivity contribution in [3.63, 3.8) is 0 Å². The largest absolute Gasteiger partial charge is 0.492 e. The maximum atomic E-state index is 12.1. The molecule has 5 heteroatoms. The molecule has 1 aromatic carbocycles. The van der Waals surface area contributed by atoms with Gasteiger partial charge in [0.15, 0.2) is 0 Å². The second-order valence-electron chi connectivity index (χ2n) is 4.87. The van der Waals surface area contributed by atoms with Crippen LogP contribution in [0, 0.1) is 0 Å². The minimum absolute atomic E-state index is 0.240. The highest BCUT2D eigenvalue weighted by molar-refractivity contribution is 9.10. The zero-order valence-corrected chi connectivity index (χ0v) is 13.2. The Morgan fingerprint density at radius 2 is 2.15 bits per heavy atom. The molecule has 0 unspecified atom stereocenters. The first-order valence-corrected chi connectivity index (χ1v) is 7.92. The van der Waals surface area contributed by atoms with Gasteiger partial charge in [0.2, 0.25) is 5.91 Å². The minimum Gasteiger partial charge on any atom is -0.492 e. The van der Waals surface area contributed by atoms with Gasteiger partial charge < -0.3 is 15.0 Å². The van der Waals surface area contributed by atoms with Crippen molar-refractivity contribution in [3.05, 3.63) is 28.7 Å². The first-order valence-electron chi connectivity index (χ1n) is 7.13. The van der Waals surface area contributed by atoms with E-state index in [0.29, 0.717) is 13.0 Å². The number of amides is 1. The molecule has 1 aliphatic heterocycles. The number of hydrogen-bond acceptors (Lipinski definition) is 3. The van der Waals surface area contributed by atoms with Gasteiger partial charge in [0.1, 0.15) is 5.75 Å². The van der Waals surface area contributed by atoms with Crippen LogP contribution in [0.25, 0.3) is 0 Å². The fourth-order valence-corrected chi connectivity index (χ4v) is 2.62. The van der Waals surface area contributed by atoms with E-state index in [9.17, 15) is 4.79 Å². The van der Waals surface area contributed by atoms with E-state index in [1.807, 2.05) is 29.2 Å². The van der Waals surface area contributed by atoms with Crippen LogP contribution in [0.15, 0.2) is 28.7 Å². The predicted octanol–water partition coefficient (Wildman–Crippen LogP) is 2.43. The standard InChI is InChI=1S/C15H21BrN2O2/c16-13-5-1-2-6-14(13)20-12-3-7-15(19)18-10-4-8-17-9-11-18/h1-2,5-6,17H,3-4,7-12H2. The molecule has 0 saturated carbocycles. The van der Waals surface area contributed by atoms with Gasteiger partial charge >= 0.3 is 0 Å². The second kappa shape index (κ2) is 8.27. The molecule has 0 spiro atoms. The number of nitrogens with one attached hydrogen (secondary N) is 1. The number of halogens is 1. The van der Waals surface area contributed by atoms with Crippen LogP contribution >= 0.6 is 15.9 Å².